The quantitative estimate of drug-likeness (QED) is 0.200. The fourth-order valence-corrected chi connectivity index (χ4v) is 2.99. The van der Waals surface area contributed by atoms with Crippen LogP contribution in [0.15, 0.2) is 71.8 Å². The molecule has 2 N–H and O–H groups in total. The van der Waals surface area contributed by atoms with Gasteiger partial charge >= 0.3 is 17.8 Å². The minimum absolute atomic E-state index is 0.232. The van der Waals surface area contributed by atoms with Gasteiger partial charge in [-0.1, -0.05) is 47.5 Å². The first kappa shape index (κ1) is 22.7. The molecule has 0 radical (unpaired) electrons. The number of amides is 2. The van der Waals surface area contributed by atoms with Crippen LogP contribution in [-0.4, -0.2) is 24.0 Å². The molecule has 0 heterocycles. The Kier molecular flexibility index (Phi) is 7.36. The Morgan fingerprint density at radius 3 is 2.47 bits per heavy atom. The maximum Gasteiger partial charge on any atom is 0.343 e. The molecule has 0 aliphatic rings. The first-order chi connectivity index (χ1) is 15.3. The summed E-state index contributed by atoms with van der Waals surface area (Å²) >= 11 is 5.91. The highest BCUT2D eigenvalue weighted by atomic mass is 35.5. The number of halogens is 1. The zero-order valence-electron chi connectivity index (χ0n) is 17.4. The molecule has 3 rings (SSSR count). The largest absolute Gasteiger partial charge is 0.422 e. The third kappa shape index (κ3) is 6.02. The highest BCUT2D eigenvalue weighted by Crippen LogP contribution is 2.19. The molecule has 0 saturated heterocycles. The summed E-state index contributed by atoms with van der Waals surface area (Å²) in [5.41, 5.74) is 5.31. The Morgan fingerprint density at radius 1 is 0.938 bits per heavy atom. The predicted octanol–water partition coefficient (Wildman–Crippen LogP) is 4.26. The van der Waals surface area contributed by atoms with Crippen molar-refractivity contribution < 1.29 is 19.1 Å². The molecule has 0 aliphatic heterocycles. The van der Waals surface area contributed by atoms with Gasteiger partial charge in [-0.05, 0) is 55.8 Å². The van der Waals surface area contributed by atoms with E-state index in [1.807, 2.05) is 26.0 Å². The van der Waals surface area contributed by atoms with Crippen LogP contribution in [-0.2, 0) is 9.59 Å². The lowest BCUT2D eigenvalue weighted by Gasteiger charge is -2.08. The number of hydrazone groups is 1. The van der Waals surface area contributed by atoms with Gasteiger partial charge in [-0.3, -0.25) is 9.59 Å². The molecule has 3 aromatic carbocycles. The number of esters is 1. The number of aryl methyl sites for hydroxylation is 2. The first-order valence-corrected chi connectivity index (χ1v) is 9.99. The second kappa shape index (κ2) is 10.4. The molecule has 32 heavy (non-hydrogen) atoms. The van der Waals surface area contributed by atoms with Crippen LogP contribution in [0, 0.1) is 13.8 Å². The van der Waals surface area contributed by atoms with E-state index in [4.69, 9.17) is 16.3 Å². The second-order valence-corrected chi connectivity index (χ2v) is 7.35. The van der Waals surface area contributed by atoms with Gasteiger partial charge in [0.25, 0.3) is 0 Å². The molecule has 7 nitrogen and oxygen atoms in total. The van der Waals surface area contributed by atoms with Crippen molar-refractivity contribution in [3.05, 3.63) is 94.0 Å². The van der Waals surface area contributed by atoms with Crippen molar-refractivity contribution in [2.24, 2.45) is 5.10 Å². The SMILES string of the molecule is Cc1ccc(NC(=O)C(=O)N/N=C/c2ccccc2OC(=O)c2cccc(Cl)c2)c(C)c1. The van der Waals surface area contributed by atoms with Gasteiger partial charge in [0.05, 0.1) is 11.8 Å². The van der Waals surface area contributed by atoms with Crippen molar-refractivity contribution in [3.8, 4) is 5.75 Å². The number of nitrogens with one attached hydrogen (secondary N) is 2. The Morgan fingerprint density at radius 2 is 1.72 bits per heavy atom. The average molecular weight is 450 g/mol. The van der Waals surface area contributed by atoms with E-state index in [2.05, 4.69) is 15.8 Å². The van der Waals surface area contributed by atoms with Crippen LogP contribution in [0.2, 0.25) is 5.02 Å². The van der Waals surface area contributed by atoms with Crippen molar-refractivity contribution in [2.75, 3.05) is 5.32 Å². The zero-order valence-corrected chi connectivity index (χ0v) is 18.1. The highest BCUT2D eigenvalue weighted by molar-refractivity contribution is 6.39. The van der Waals surface area contributed by atoms with Crippen molar-refractivity contribution in [3.63, 3.8) is 0 Å². The molecule has 0 atom stereocenters. The van der Waals surface area contributed by atoms with E-state index >= 15 is 0 Å². The number of nitrogens with zero attached hydrogens (tertiary/aromatic N) is 1. The summed E-state index contributed by atoms with van der Waals surface area (Å²) in [4.78, 5) is 36.5. The summed E-state index contributed by atoms with van der Waals surface area (Å²) in [7, 11) is 0. The van der Waals surface area contributed by atoms with Crippen LogP contribution in [0.25, 0.3) is 0 Å². The molecular weight excluding hydrogens is 430 g/mol. The Hall–Kier alpha value is -3.97. The van der Waals surface area contributed by atoms with E-state index in [-0.39, 0.29) is 5.75 Å². The van der Waals surface area contributed by atoms with Crippen LogP contribution in [0.1, 0.15) is 27.0 Å². The van der Waals surface area contributed by atoms with Crippen molar-refractivity contribution in [1.82, 2.24) is 5.43 Å². The fraction of sp³-hybridized carbons (Fsp3) is 0.0833. The summed E-state index contributed by atoms with van der Waals surface area (Å²) in [6.45, 7) is 3.77. The van der Waals surface area contributed by atoms with Gasteiger partial charge in [-0.15, -0.1) is 0 Å². The Labute approximate surface area is 190 Å². The third-order valence-electron chi connectivity index (χ3n) is 4.39. The maximum absolute atomic E-state index is 12.4. The van der Waals surface area contributed by atoms with E-state index in [0.717, 1.165) is 11.1 Å². The first-order valence-electron chi connectivity index (χ1n) is 9.62. The summed E-state index contributed by atoms with van der Waals surface area (Å²) in [6.07, 6.45) is 1.28. The van der Waals surface area contributed by atoms with E-state index in [1.54, 1.807) is 48.5 Å². The normalized spacial score (nSPS) is 10.6. The second-order valence-electron chi connectivity index (χ2n) is 6.91. The topological polar surface area (TPSA) is 96.9 Å². The Balaban J connectivity index is 1.63. The van der Waals surface area contributed by atoms with Crippen molar-refractivity contribution in [1.29, 1.82) is 0 Å². The smallest absolute Gasteiger partial charge is 0.343 e. The number of ether oxygens (including phenoxy) is 1. The minimum atomic E-state index is -0.936. The molecule has 162 valence electrons. The van der Waals surface area contributed by atoms with Crippen molar-refractivity contribution >= 4 is 41.3 Å². The van der Waals surface area contributed by atoms with Gasteiger partial charge in [-0.25, -0.2) is 10.2 Å². The molecule has 0 bridgehead atoms. The van der Waals surface area contributed by atoms with Gasteiger partial charge in [0.1, 0.15) is 5.75 Å². The monoisotopic (exact) mass is 449 g/mol. The van der Waals surface area contributed by atoms with E-state index in [9.17, 15) is 14.4 Å². The van der Waals surface area contributed by atoms with Gasteiger partial charge in [-0.2, -0.15) is 5.10 Å². The van der Waals surface area contributed by atoms with Gasteiger partial charge in [0, 0.05) is 16.3 Å². The van der Waals surface area contributed by atoms with Gasteiger partial charge in [0.2, 0.25) is 0 Å². The van der Waals surface area contributed by atoms with Crippen LogP contribution < -0.4 is 15.5 Å². The average Bonchev–Trinajstić information content (AvgIpc) is 2.76. The number of hydrogen-bond donors (Lipinski definition) is 2. The fourth-order valence-electron chi connectivity index (χ4n) is 2.80. The number of benzene rings is 3. The predicted molar refractivity (Wildman–Crippen MR) is 123 cm³/mol. The van der Waals surface area contributed by atoms with E-state index in [1.165, 1.54) is 12.3 Å². The van der Waals surface area contributed by atoms with Crippen LogP contribution in [0.4, 0.5) is 5.69 Å². The maximum atomic E-state index is 12.4. The lowest BCUT2D eigenvalue weighted by Crippen LogP contribution is -2.32. The number of para-hydroxylation sites is 1. The molecule has 0 fully saturated rings. The van der Waals surface area contributed by atoms with Gasteiger partial charge in [0.15, 0.2) is 0 Å². The summed E-state index contributed by atoms with van der Waals surface area (Å²) < 4.78 is 5.41. The summed E-state index contributed by atoms with van der Waals surface area (Å²) in [5, 5.41) is 6.75. The number of carbonyl (C=O) groups excluding carboxylic acids is 3. The molecule has 3 aromatic rings. The molecule has 0 aliphatic carbocycles. The van der Waals surface area contributed by atoms with E-state index < -0.39 is 17.8 Å². The lowest BCUT2D eigenvalue weighted by atomic mass is 10.1. The highest BCUT2D eigenvalue weighted by Gasteiger charge is 2.15. The molecule has 0 unspecified atom stereocenters. The number of anilines is 1. The van der Waals surface area contributed by atoms with Gasteiger partial charge < -0.3 is 10.1 Å². The van der Waals surface area contributed by atoms with Crippen molar-refractivity contribution in [2.45, 2.75) is 13.8 Å². The standard InChI is InChI=1S/C24H20ClN3O4/c1-15-10-11-20(16(2)12-15)27-22(29)23(30)28-26-14-18-6-3-4-9-21(18)32-24(31)17-7-5-8-19(25)13-17/h3-14H,1-2H3,(H,27,29)(H,28,30)/b26-14+. The number of hydrogen-bond acceptors (Lipinski definition) is 5. The molecule has 0 spiro atoms. The molecule has 0 saturated carbocycles. The van der Waals surface area contributed by atoms with Crippen LogP contribution in [0.5, 0.6) is 5.75 Å². The molecule has 2 amide bonds. The summed E-state index contributed by atoms with van der Waals surface area (Å²) in [6, 6.07) is 18.5. The van der Waals surface area contributed by atoms with Crippen LogP contribution >= 0.6 is 11.6 Å². The third-order valence-corrected chi connectivity index (χ3v) is 4.62. The zero-order chi connectivity index (χ0) is 23.1. The van der Waals surface area contributed by atoms with Crippen LogP contribution in [0.3, 0.4) is 0 Å². The minimum Gasteiger partial charge on any atom is -0.422 e. The molecule has 0 aromatic heterocycles. The summed E-state index contributed by atoms with van der Waals surface area (Å²) in [5.74, 6) is -2.15. The number of carbonyl (C=O) groups is 3. The Bertz CT molecular complexity index is 1210. The molecular formula is C24H20ClN3O4. The van der Waals surface area contributed by atoms with E-state index in [0.29, 0.717) is 21.8 Å². The molecule has 8 heteroatoms. The lowest BCUT2D eigenvalue weighted by molar-refractivity contribution is -0.136. The number of rotatable bonds is 5.